The van der Waals surface area contributed by atoms with E-state index in [1.165, 1.54) is 7.11 Å². The Morgan fingerprint density at radius 2 is 2.38 bits per heavy atom. The Balaban J connectivity index is 2.69. The number of rotatable bonds is 3. The van der Waals surface area contributed by atoms with Crippen molar-refractivity contribution < 1.29 is 14.6 Å². The van der Waals surface area contributed by atoms with Gasteiger partial charge in [0.2, 0.25) is 0 Å². The van der Waals surface area contributed by atoms with Crippen molar-refractivity contribution in [3.05, 3.63) is 28.6 Å². The number of carboxylic acid groups (broad SMARTS) is 1. The highest BCUT2D eigenvalue weighted by Gasteiger charge is 2.14. The maximum atomic E-state index is 10.7. The molecule has 0 bridgehead atoms. The average molecular weight is 285 g/mol. The Kier molecular flexibility index (Phi) is 2.82. The molecule has 0 unspecified atom stereocenters. The Labute approximate surface area is 99.8 Å². The van der Waals surface area contributed by atoms with Crippen LogP contribution in [0.1, 0.15) is 5.82 Å². The van der Waals surface area contributed by atoms with E-state index < -0.39 is 5.97 Å². The van der Waals surface area contributed by atoms with Gasteiger partial charge in [-0.3, -0.25) is 9.20 Å². The topological polar surface area (TPSA) is 63.8 Å². The molecule has 2 heterocycles. The molecule has 0 spiro atoms. The predicted octanol–water partition coefficient (Wildman–Crippen LogP) is 1.73. The van der Waals surface area contributed by atoms with E-state index in [1.54, 1.807) is 10.5 Å². The fraction of sp³-hybridized carbons (Fsp3) is 0.200. The number of aromatic nitrogens is 2. The summed E-state index contributed by atoms with van der Waals surface area (Å²) in [6, 6.07) is 5.42. The number of halogens is 1. The van der Waals surface area contributed by atoms with Gasteiger partial charge in [0.05, 0.1) is 12.6 Å². The molecular weight excluding hydrogens is 276 g/mol. The third kappa shape index (κ3) is 1.76. The van der Waals surface area contributed by atoms with Crippen molar-refractivity contribution in [2.45, 2.75) is 6.42 Å². The van der Waals surface area contributed by atoms with Crippen LogP contribution in [0.2, 0.25) is 0 Å². The van der Waals surface area contributed by atoms with Crippen LogP contribution in [0, 0.1) is 0 Å². The molecule has 0 saturated carbocycles. The zero-order valence-electron chi connectivity index (χ0n) is 8.48. The molecular formula is C10H9BrN2O3. The quantitative estimate of drug-likeness (QED) is 0.932. The minimum absolute atomic E-state index is 0.146. The van der Waals surface area contributed by atoms with Crippen LogP contribution >= 0.6 is 15.9 Å². The first-order valence-electron chi connectivity index (χ1n) is 4.55. The number of imidazole rings is 1. The largest absolute Gasteiger partial charge is 0.482 e. The summed E-state index contributed by atoms with van der Waals surface area (Å²) in [7, 11) is 1.53. The summed E-state index contributed by atoms with van der Waals surface area (Å²) in [4.78, 5) is 14.9. The van der Waals surface area contributed by atoms with Crippen molar-refractivity contribution in [3.8, 4) is 5.88 Å². The lowest BCUT2D eigenvalue weighted by Crippen LogP contribution is -2.06. The molecule has 2 rings (SSSR count). The third-order valence-electron chi connectivity index (χ3n) is 2.17. The van der Waals surface area contributed by atoms with Crippen LogP contribution in [0.4, 0.5) is 0 Å². The zero-order valence-corrected chi connectivity index (χ0v) is 10.1. The standard InChI is InChI=1S/C10H9BrN2O3/c1-16-8-4-2-3-6-10(11)12-7(13(6)8)5-9(14)15/h2-4H,5H2,1H3,(H,14,15). The minimum Gasteiger partial charge on any atom is -0.482 e. The zero-order chi connectivity index (χ0) is 11.7. The molecule has 2 aromatic heterocycles. The Bertz CT molecular complexity index is 550. The summed E-state index contributed by atoms with van der Waals surface area (Å²) in [6.07, 6.45) is -0.146. The van der Waals surface area contributed by atoms with E-state index in [2.05, 4.69) is 20.9 Å². The van der Waals surface area contributed by atoms with Crippen LogP contribution < -0.4 is 4.74 Å². The smallest absolute Gasteiger partial charge is 0.311 e. The molecule has 0 aromatic carbocycles. The monoisotopic (exact) mass is 284 g/mol. The third-order valence-corrected chi connectivity index (χ3v) is 2.75. The van der Waals surface area contributed by atoms with E-state index in [1.807, 2.05) is 12.1 Å². The number of hydrogen-bond donors (Lipinski definition) is 1. The van der Waals surface area contributed by atoms with Crippen molar-refractivity contribution in [2.24, 2.45) is 0 Å². The van der Waals surface area contributed by atoms with Gasteiger partial charge in [-0.1, -0.05) is 6.07 Å². The number of fused-ring (bicyclic) bond motifs is 1. The van der Waals surface area contributed by atoms with Gasteiger partial charge in [-0.2, -0.15) is 0 Å². The van der Waals surface area contributed by atoms with E-state index in [4.69, 9.17) is 9.84 Å². The fourth-order valence-electron chi connectivity index (χ4n) is 1.55. The van der Waals surface area contributed by atoms with Gasteiger partial charge < -0.3 is 9.84 Å². The number of pyridine rings is 1. The lowest BCUT2D eigenvalue weighted by molar-refractivity contribution is -0.136. The number of methoxy groups -OCH3 is 1. The molecule has 0 atom stereocenters. The molecule has 6 heteroatoms. The highest BCUT2D eigenvalue weighted by atomic mass is 79.9. The van der Waals surface area contributed by atoms with Crippen LogP contribution in [-0.2, 0) is 11.2 Å². The average Bonchev–Trinajstić information content (AvgIpc) is 2.55. The van der Waals surface area contributed by atoms with Gasteiger partial charge in [0.25, 0.3) is 0 Å². The molecule has 0 aliphatic rings. The van der Waals surface area contributed by atoms with Crippen LogP contribution in [-0.4, -0.2) is 27.6 Å². The maximum absolute atomic E-state index is 10.7. The second kappa shape index (κ2) is 4.13. The van der Waals surface area contributed by atoms with Crippen LogP contribution in [0.5, 0.6) is 5.88 Å². The van der Waals surface area contributed by atoms with E-state index in [9.17, 15) is 4.79 Å². The highest BCUT2D eigenvalue weighted by Crippen LogP contribution is 2.24. The number of carbonyl (C=O) groups is 1. The van der Waals surface area contributed by atoms with Gasteiger partial charge >= 0.3 is 5.97 Å². The molecule has 0 saturated heterocycles. The summed E-state index contributed by atoms with van der Waals surface area (Å²) in [5, 5.41) is 8.79. The number of ether oxygens (including phenoxy) is 1. The molecule has 1 N–H and O–H groups in total. The van der Waals surface area contributed by atoms with Gasteiger partial charge in [0, 0.05) is 0 Å². The molecule has 16 heavy (non-hydrogen) atoms. The summed E-state index contributed by atoms with van der Waals surface area (Å²) in [6.45, 7) is 0. The summed E-state index contributed by atoms with van der Waals surface area (Å²) < 4.78 is 7.46. The van der Waals surface area contributed by atoms with Crippen molar-refractivity contribution in [1.82, 2.24) is 9.38 Å². The maximum Gasteiger partial charge on any atom is 0.311 e. The lowest BCUT2D eigenvalue weighted by atomic mass is 10.4. The molecule has 0 aliphatic carbocycles. The summed E-state index contributed by atoms with van der Waals surface area (Å²) >= 11 is 3.29. The Morgan fingerprint density at radius 3 is 3.00 bits per heavy atom. The summed E-state index contributed by atoms with van der Waals surface area (Å²) in [5.41, 5.74) is 0.788. The molecule has 0 fully saturated rings. The van der Waals surface area contributed by atoms with Gasteiger partial charge in [-0.05, 0) is 28.1 Å². The molecule has 84 valence electrons. The molecule has 2 aromatic rings. The number of carboxylic acids is 1. The molecule has 5 nitrogen and oxygen atoms in total. The first-order chi connectivity index (χ1) is 7.63. The Morgan fingerprint density at radius 1 is 1.62 bits per heavy atom. The normalized spacial score (nSPS) is 10.6. The summed E-state index contributed by atoms with van der Waals surface area (Å²) in [5.74, 6) is 0.0732. The van der Waals surface area contributed by atoms with E-state index in [0.717, 1.165) is 5.52 Å². The SMILES string of the molecule is COc1cccc2c(Br)nc(CC(=O)O)n12. The first kappa shape index (κ1) is 10.9. The number of aliphatic carboxylic acids is 1. The number of nitrogens with zero attached hydrogens (tertiary/aromatic N) is 2. The Hall–Kier alpha value is -1.56. The molecule has 0 radical (unpaired) electrons. The van der Waals surface area contributed by atoms with Crippen molar-refractivity contribution in [3.63, 3.8) is 0 Å². The van der Waals surface area contributed by atoms with Crippen molar-refractivity contribution >= 4 is 27.4 Å². The van der Waals surface area contributed by atoms with Gasteiger partial charge in [0.1, 0.15) is 16.8 Å². The van der Waals surface area contributed by atoms with Gasteiger partial charge in [-0.15, -0.1) is 0 Å². The van der Waals surface area contributed by atoms with Crippen molar-refractivity contribution in [1.29, 1.82) is 0 Å². The molecule has 0 aliphatic heterocycles. The van der Waals surface area contributed by atoms with Crippen LogP contribution in [0.3, 0.4) is 0 Å². The van der Waals surface area contributed by atoms with E-state index in [-0.39, 0.29) is 6.42 Å². The second-order valence-corrected chi connectivity index (χ2v) is 3.93. The van der Waals surface area contributed by atoms with Crippen LogP contribution in [0.15, 0.2) is 22.8 Å². The predicted molar refractivity (Wildman–Crippen MR) is 60.8 cm³/mol. The molecule has 0 amide bonds. The van der Waals surface area contributed by atoms with Crippen LogP contribution in [0.25, 0.3) is 5.52 Å². The first-order valence-corrected chi connectivity index (χ1v) is 5.34. The van der Waals surface area contributed by atoms with Crippen molar-refractivity contribution in [2.75, 3.05) is 7.11 Å². The lowest BCUT2D eigenvalue weighted by Gasteiger charge is -2.05. The second-order valence-electron chi connectivity index (χ2n) is 3.18. The van der Waals surface area contributed by atoms with E-state index >= 15 is 0 Å². The highest BCUT2D eigenvalue weighted by molar-refractivity contribution is 9.10. The van der Waals surface area contributed by atoms with Gasteiger partial charge in [-0.25, -0.2) is 4.98 Å². The minimum atomic E-state index is -0.926. The fourth-order valence-corrected chi connectivity index (χ4v) is 2.06. The van der Waals surface area contributed by atoms with Gasteiger partial charge in [0.15, 0.2) is 5.88 Å². The number of hydrogen-bond acceptors (Lipinski definition) is 3. The van der Waals surface area contributed by atoms with E-state index in [0.29, 0.717) is 16.3 Å².